The molecule has 2 N–H and O–H groups in total. The van der Waals surface area contributed by atoms with Crippen molar-refractivity contribution >= 4 is 33.8 Å². The summed E-state index contributed by atoms with van der Waals surface area (Å²) in [4.78, 5) is 9.81. The molecule has 0 fully saturated rings. The SMILES string of the molecule is C[C@H](N)c1cc2cccc(Cl)c2nc1-c1cncs1. The van der Waals surface area contributed by atoms with Crippen molar-refractivity contribution in [1.82, 2.24) is 9.97 Å². The zero-order chi connectivity index (χ0) is 13.4. The molecular weight excluding hydrogens is 278 g/mol. The quantitative estimate of drug-likeness (QED) is 0.775. The molecule has 0 spiro atoms. The number of aromatic nitrogens is 2. The Morgan fingerprint density at radius 1 is 1.37 bits per heavy atom. The molecule has 19 heavy (non-hydrogen) atoms. The highest BCUT2D eigenvalue weighted by Crippen LogP contribution is 2.33. The summed E-state index contributed by atoms with van der Waals surface area (Å²) in [5.41, 5.74) is 10.5. The summed E-state index contributed by atoms with van der Waals surface area (Å²) in [6.07, 6.45) is 1.81. The summed E-state index contributed by atoms with van der Waals surface area (Å²) >= 11 is 7.77. The van der Waals surface area contributed by atoms with Gasteiger partial charge in [0.05, 0.1) is 26.6 Å². The van der Waals surface area contributed by atoms with Crippen molar-refractivity contribution in [1.29, 1.82) is 0 Å². The summed E-state index contributed by atoms with van der Waals surface area (Å²) in [6, 6.07) is 7.74. The predicted octanol–water partition coefficient (Wildman–Crippen LogP) is 4.03. The van der Waals surface area contributed by atoms with E-state index in [1.54, 1.807) is 16.8 Å². The summed E-state index contributed by atoms with van der Waals surface area (Å²) in [6.45, 7) is 1.96. The van der Waals surface area contributed by atoms with E-state index >= 15 is 0 Å². The van der Waals surface area contributed by atoms with Crippen molar-refractivity contribution in [2.45, 2.75) is 13.0 Å². The Bertz CT molecular complexity index is 723. The van der Waals surface area contributed by atoms with E-state index in [-0.39, 0.29) is 6.04 Å². The number of pyridine rings is 1. The van der Waals surface area contributed by atoms with Gasteiger partial charge >= 0.3 is 0 Å². The van der Waals surface area contributed by atoms with E-state index in [1.807, 2.05) is 31.3 Å². The van der Waals surface area contributed by atoms with E-state index in [0.29, 0.717) is 5.02 Å². The molecule has 0 saturated carbocycles. The molecular formula is C14H12ClN3S. The minimum absolute atomic E-state index is 0.0898. The Hall–Kier alpha value is -1.49. The highest BCUT2D eigenvalue weighted by Gasteiger charge is 2.14. The van der Waals surface area contributed by atoms with Gasteiger partial charge in [0.15, 0.2) is 0 Å². The second-order valence-electron chi connectivity index (χ2n) is 4.39. The van der Waals surface area contributed by atoms with Crippen LogP contribution < -0.4 is 5.73 Å². The third kappa shape index (κ3) is 2.23. The van der Waals surface area contributed by atoms with Crippen molar-refractivity contribution < 1.29 is 0 Å². The summed E-state index contributed by atoms with van der Waals surface area (Å²) in [7, 11) is 0. The van der Waals surface area contributed by atoms with Crippen LogP contribution in [-0.2, 0) is 0 Å². The number of halogens is 1. The smallest absolute Gasteiger partial charge is 0.0896 e. The van der Waals surface area contributed by atoms with Gasteiger partial charge in [0.2, 0.25) is 0 Å². The average Bonchev–Trinajstić information content (AvgIpc) is 2.91. The van der Waals surface area contributed by atoms with E-state index in [1.165, 1.54) is 0 Å². The van der Waals surface area contributed by atoms with Crippen molar-refractivity contribution in [2.24, 2.45) is 5.73 Å². The summed E-state index contributed by atoms with van der Waals surface area (Å²) in [5.74, 6) is 0. The van der Waals surface area contributed by atoms with Crippen LogP contribution in [0.25, 0.3) is 21.5 Å². The number of fused-ring (bicyclic) bond motifs is 1. The molecule has 0 unspecified atom stereocenters. The maximum atomic E-state index is 6.22. The lowest BCUT2D eigenvalue weighted by atomic mass is 10.0. The Morgan fingerprint density at radius 2 is 2.21 bits per heavy atom. The molecule has 0 aliphatic heterocycles. The topological polar surface area (TPSA) is 51.8 Å². The zero-order valence-corrected chi connectivity index (χ0v) is 11.9. The van der Waals surface area contributed by atoms with Crippen LogP contribution in [0.5, 0.6) is 0 Å². The van der Waals surface area contributed by atoms with Crippen LogP contribution in [-0.4, -0.2) is 9.97 Å². The Balaban J connectivity index is 2.35. The molecule has 1 atom stereocenters. The first kappa shape index (κ1) is 12.5. The van der Waals surface area contributed by atoms with Gasteiger partial charge in [-0.1, -0.05) is 23.7 Å². The lowest BCUT2D eigenvalue weighted by Gasteiger charge is -2.12. The van der Waals surface area contributed by atoms with Crippen molar-refractivity contribution in [2.75, 3.05) is 0 Å². The Labute approximate surface area is 120 Å². The highest BCUT2D eigenvalue weighted by atomic mass is 35.5. The van der Waals surface area contributed by atoms with E-state index in [0.717, 1.165) is 27.0 Å². The summed E-state index contributed by atoms with van der Waals surface area (Å²) < 4.78 is 0. The number of nitrogens with zero attached hydrogens (tertiary/aromatic N) is 2. The first-order valence-corrected chi connectivity index (χ1v) is 7.16. The third-order valence-electron chi connectivity index (χ3n) is 2.98. The molecule has 3 rings (SSSR count). The molecule has 96 valence electrons. The molecule has 2 aromatic heterocycles. The van der Waals surface area contributed by atoms with Gasteiger partial charge in [0, 0.05) is 17.6 Å². The predicted molar refractivity (Wildman–Crippen MR) is 80.5 cm³/mol. The molecule has 0 radical (unpaired) electrons. The fraction of sp³-hybridized carbons (Fsp3) is 0.143. The van der Waals surface area contributed by atoms with Gasteiger partial charge in [-0.05, 0) is 24.6 Å². The van der Waals surface area contributed by atoms with Crippen LogP contribution in [0, 0.1) is 0 Å². The maximum Gasteiger partial charge on any atom is 0.0896 e. The van der Waals surface area contributed by atoms with Crippen LogP contribution in [0.1, 0.15) is 18.5 Å². The standard InChI is InChI=1S/C14H12ClN3S/c1-8(16)10-5-9-3-2-4-11(15)13(9)18-14(10)12-6-17-7-19-12/h2-8H,16H2,1H3/t8-/m0/s1. The molecule has 0 amide bonds. The monoisotopic (exact) mass is 289 g/mol. The summed E-state index contributed by atoms with van der Waals surface area (Å²) in [5, 5.41) is 1.66. The van der Waals surface area contributed by atoms with Gasteiger partial charge in [-0.25, -0.2) is 4.98 Å². The van der Waals surface area contributed by atoms with Gasteiger partial charge in [-0.2, -0.15) is 0 Å². The van der Waals surface area contributed by atoms with E-state index in [4.69, 9.17) is 22.3 Å². The molecule has 0 aliphatic carbocycles. The number of para-hydroxylation sites is 1. The fourth-order valence-corrected chi connectivity index (χ4v) is 2.91. The van der Waals surface area contributed by atoms with Crippen molar-refractivity contribution in [3.8, 4) is 10.6 Å². The molecule has 2 heterocycles. The molecule has 0 saturated heterocycles. The Morgan fingerprint density at radius 3 is 2.89 bits per heavy atom. The highest BCUT2D eigenvalue weighted by molar-refractivity contribution is 7.13. The first-order valence-electron chi connectivity index (χ1n) is 5.90. The van der Waals surface area contributed by atoms with Gasteiger partial charge in [0.25, 0.3) is 0 Å². The number of thiazole rings is 1. The number of nitrogens with two attached hydrogens (primary N) is 1. The van der Waals surface area contributed by atoms with Gasteiger partial charge < -0.3 is 5.73 Å². The van der Waals surface area contributed by atoms with Crippen LogP contribution in [0.2, 0.25) is 5.02 Å². The molecule has 0 bridgehead atoms. The van der Waals surface area contributed by atoms with Crippen LogP contribution in [0.15, 0.2) is 36.0 Å². The average molecular weight is 290 g/mol. The van der Waals surface area contributed by atoms with Crippen LogP contribution in [0.3, 0.4) is 0 Å². The molecule has 3 aromatic rings. The number of benzene rings is 1. The zero-order valence-electron chi connectivity index (χ0n) is 10.3. The molecule has 5 heteroatoms. The third-order valence-corrected chi connectivity index (χ3v) is 4.07. The second-order valence-corrected chi connectivity index (χ2v) is 5.69. The van der Waals surface area contributed by atoms with Crippen molar-refractivity contribution in [3.63, 3.8) is 0 Å². The van der Waals surface area contributed by atoms with E-state index in [2.05, 4.69) is 11.1 Å². The van der Waals surface area contributed by atoms with Gasteiger partial charge in [-0.15, -0.1) is 11.3 Å². The maximum absolute atomic E-state index is 6.22. The molecule has 3 nitrogen and oxygen atoms in total. The van der Waals surface area contributed by atoms with E-state index < -0.39 is 0 Å². The fourth-order valence-electron chi connectivity index (χ4n) is 2.06. The first-order chi connectivity index (χ1) is 9.16. The van der Waals surface area contributed by atoms with E-state index in [9.17, 15) is 0 Å². The largest absolute Gasteiger partial charge is 0.324 e. The Kier molecular flexibility index (Phi) is 3.22. The minimum atomic E-state index is -0.0898. The lowest BCUT2D eigenvalue weighted by molar-refractivity contribution is 0.818. The molecule has 1 aromatic carbocycles. The van der Waals surface area contributed by atoms with Crippen molar-refractivity contribution in [3.05, 3.63) is 46.6 Å². The molecule has 0 aliphatic rings. The van der Waals surface area contributed by atoms with Gasteiger partial charge in [-0.3, -0.25) is 4.98 Å². The number of hydrogen-bond acceptors (Lipinski definition) is 4. The van der Waals surface area contributed by atoms with Crippen LogP contribution in [0.4, 0.5) is 0 Å². The van der Waals surface area contributed by atoms with Crippen LogP contribution >= 0.6 is 22.9 Å². The lowest BCUT2D eigenvalue weighted by Crippen LogP contribution is -2.07. The number of hydrogen-bond donors (Lipinski definition) is 1. The second kappa shape index (κ2) is 4.89. The minimum Gasteiger partial charge on any atom is -0.324 e. The normalized spacial score (nSPS) is 12.8. The van der Waals surface area contributed by atoms with Gasteiger partial charge in [0.1, 0.15) is 0 Å². The number of rotatable bonds is 2.